The molecule has 2 unspecified atom stereocenters. The minimum atomic E-state index is 0.208. The molecule has 0 aliphatic carbocycles. The van der Waals surface area contributed by atoms with Crippen LogP contribution in [0.15, 0.2) is 89.7 Å². The molecule has 11 aliphatic heterocycles. The number of oxime groups is 1. The first-order valence-corrected chi connectivity index (χ1v) is 49.1. The summed E-state index contributed by atoms with van der Waals surface area (Å²) in [5, 5.41) is 8.52. The molecule has 2 aromatic carbocycles. The van der Waals surface area contributed by atoms with Crippen LogP contribution < -0.4 is 14.7 Å². The summed E-state index contributed by atoms with van der Waals surface area (Å²) in [6, 6.07) is 29.1. The van der Waals surface area contributed by atoms with Gasteiger partial charge in [0.25, 0.3) is 0 Å². The van der Waals surface area contributed by atoms with E-state index in [2.05, 4.69) is 274 Å². The van der Waals surface area contributed by atoms with Gasteiger partial charge in [-0.1, -0.05) is 96.8 Å². The number of piperidine rings is 2. The third-order valence-corrected chi connectivity index (χ3v) is 28.0. The second kappa shape index (κ2) is 51.8. The molecule has 0 spiro atoms. The van der Waals surface area contributed by atoms with E-state index in [1.807, 2.05) is 30.6 Å². The molecule has 11 aliphatic rings. The van der Waals surface area contributed by atoms with Gasteiger partial charge in [-0.3, -0.25) is 39.2 Å². The normalized spacial score (nSPS) is 22.6. The lowest BCUT2D eigenvalue weighted by Gasteiger charge is -2.42. The molecule has 2 atom stereocenters. The van der Waals surface area contributed by atoms with E-state index in [1.54, 1.807) is 17.5 Å². The molecule has 14 heterocycles. The van der Waals surface area contributed by atoms with Gasteiger partial charge < -0.3 is 48.3 Å². The van der Waals surface area contributed by atoms with E-state index in [1.165, 1.54) is 112 Å². The van der Waals surface area contributed by atoms with E-state index in [0.29, 0.717) is 76.5 Å². The van der Waals surface area contributed by atoms with Crippen LogP contribution in [0.5, 0.6) is 0 Å². The minimum Gasteiger partial charge on any atom is -0.380 e. The number of piperazine rings is 5. The Bertz CT molecular complexity index is 3630. The number of anilines is 3. The van der Waals surface area contributed by atoms with Crippen LogP contribution in [0, 0.1) is 16.7 Å². The first-order valence-electron chi connectivity index (χ1n) is 46.7. The molecular weight excluding hydrogens is 1610 g/mol. The fraction of sp³-hybridized carbons (Fsp3) is 0.758. The van der Waals surface area contributed by atoms with Gasteiger partial charge in [0.2, 0.25) is 0 Å². The molecule has 0 bridgehead atoms. The molecule has 16 rings (SSSR count). The molecule has 0 saturated carbocycles. The number of thiazole rings is 1. The van der Waals surface area contributed by atoms with Crippen LogP contribution in [0.4, 0.5) is 16.8 Å². The number of aromatic nitrogens is 4. The van der Waals surface area contributed by atoms with E-state index < -0.39 is 0 Å². The zero-order valence-electron chi connectivity index (χ0n) is 79.0. The topological polar surface area (TPSA) is 152 Å². The van der Waals surface area contributed by atoms with Gasteiger partial charge in [0, 0.05) is 253 Å². The first kappa shape index (κ1) is 101. The maximum atomic E-state index is 6.19. The summed E-state index contributed by atoms with van der Waals surface area (Å²) in [4.78, 5) is 46.1. The fourth-order valence-electron chi connectivity index (χ4n) is 17.4. The summed E-state index contributed by atoms with van der Waals surface area (Å²) >= 11 is 15.1. The number of hydrogen-bond acceptors (Lipinski definition) is 25. The number of pyridine rings is 1. The number of halogens is 2. The monoisotopic (exact) mass is 1770 g/mol. The van der Waals surface area contributed by atoms with E-state index >= 15 is 0 Å². The molecule has 9 saturated heterocycles. The number of hydrogen-bond donors (Lipinski definition) is 0. The van der Waals surface area contributed by atoms with Gasteiger partial charge in [-0.2, -0.15) is 8.75 Å². The highest BCUT2D eigenvalue weighted by Crippen LogP contribution is 2.32. The molecule has 9 fully saturated rings. The van der Waals surface area contributed by atoms with Crippen molar-refractivity contribution in [2.75, 3.05) is 211 Å². The maximum absolute atomic E-state index is 6.19. The second-order valence-electron chi connectivity index (χ2n) is 38.6. The Balaban J connectivity index is 0.000000159. The Labute approximate surface area is 757 Å². The summed E-state index contributed by atoms with van der Waals surface area (Å²) in [6.07, 6.45) is 10.3. The third kappa shape index (κ3) is 33.3. The van der Waals surface area contributed by atoms with Crippen molar-refractivity contribution in [1.29, 1.82) is 0 Å². The van der Waals surface area contributed by atoms with Crippen molar-refractivity contribution in [3.63, 3.8) is 0 Å². The van der Waals surface area contributed by atoms with Gasteiger partial charge >= 0.3 is 0 Å². The number of fused-ring (bicyclic) bond motifs is 1. The molecule has 0 N–H and O–H groups in total. The predicted octanol–water partition coefficient (Wildman–Crippen LogP) is 15.9. The van der Waals surface area contributed by atoms with Crippen molar-refractivity contribution in [3.05, 3.63) is 111 Å². The third-order valence-electron chi connectivity index (χ3n) is 26.0. The number of benzene rings is 2. The van der Waals surface area contributed by atoms with Crippen molar-refractivity contribution in [1.82, 2.24) is 67.7 Å². The number of rotatable bonds is 21. The van der Waals surface area contributed by atoms with Gasteiger partial charge in [0.05, 0.1) is 68.2 Å². The zero-order valence-corrected chi connectivity index (χ0v) is 82.2. The molecule has 3 aromatic heterocycles. The van der Waals surface area contributed by atoms with Crippen LogP contribution >= 0.6 is 46.3 Å². The molecule has 27 heteroatoms. The SMILES string of the molecule is CC(C)N1CCC(COCC2(C)COC2)CC1.CC(C)N1CCC(OCC2(C)COC2)CC1.CC(C)N1CCN(Cc2ccccc2)CC1.CC(C)N1CCN(c2ncccc2Cl)CC1C.CC(C)N1CCN(c2nccs2)CC1.CC(C)N1CCN(c2nsnc2Cl)CC1.CC(C)N1Cc2ccccc2C1.CC1=NOC(N2CCN(C(C)C)CC2)C1. The van der Waals surface area contributed by atoms with Crippen molar-refractivity contribution in [2.45, 2.75) is 257 Å². The van der Waals surface area contributed by atoms with Crippen LogP contribution in [0.3, 0.4) is 0 Å². The summed E-state index contributed by atoms with van der Waals surface area (Å²) < 4.78 is 30.6. The van der Waals surface area contributed by atoms with E-state index in [9.17, 15) is 0 Å². The van der Waals surface area contributed by atoms with Gasteiger partial charge in [-0.25, -0.2) is 9.97 Å². The highest BCUT2D eigenvalue weighted by Gasteiger charge is 2.37. The average Bonchev–Trinajstić information content (AvgIpc) is 1.79. The Morgan fingerprint density at radius 2 is 0.967 bits per heavy atom. The smallest absolute Gasteiger partial charge is 0.187 e. The van der Waals surface area contributed by atoms with Crippen molar-refractivity contribution in [3.8, 4) is 0 Å². The van der Waals surface area contributed by atoms with Crippen LogP contribution in [-0.2, 0) is 43.4 Å². The predicted molar refractivity (Wildman–Crippen MR) is 512 cm³/mol. The Morgan fingerprint density at radius 3 is 1.42 bits per heavy atom. The van der Waals surface area contributed by atoms with Gasteiger partial charge in [0.15, 0.2) is 22.3 Å². The Hall–Kier alpha value is -4.33. The fourth-order valence-corrected chi connectivity index (χ4v) is 19.1. The molecule has 688 valence electrons. The largest absolute Gasteiger partial charge is 0.380 e. The average molecular weight is 1770 g/mol. The molecule has 23 nitrogen and oxygen atoms in total. The van der Waals surface area contributed by atoms with Crippen molar-refractivity contribution in [2.24, 2.45) is 21.9 Å². The van der Waals surface area contributed by atoms with E-state index in [0.717, 1.165) is 199 Å². The molecule has 0 amide bonds. The standard InChI is InChI=1S/C14H22N2.C14H27NO2.C13H20ClN3.C13H25NO2.C11H21N3O.C11H15N.C10H17N3S.C9H15ClN4S/c1-13(2)16-10-8-15(9-11-16)12-14-6-4-3-5-7-14;1-12(2)15-6-4-13(5-7-15)8-16-9-14(3)10-17-11-14;1-10(2)17-8-7-16(9-11(17)3)13-12(14)5-4-6-15-13;1-11(2)14-6-4-12(5-7-14)16-10-13(3)8-15-9-13;1-9(2)13-4-6-14(7-5-13)11-8-10(3)12-15-11;1-9(2)12-7-10-5-3-4-6-11(10)8-12;1-9(2)12-4-6-13(7-5-12)10-11-3-8-14-10;1-7(2)13-3-5-14(6-4-13)9-8(10)11-15-12-9/h3-7,13H,8-12H2,1-2H3;12-13H,4-11H2,1-3H3;4-6,10-11H,7-9H2,1-3H3;11-12H,4-10H2,1-3H3;9,11H,4-8H2,1-3H3;3-6,9H,7-8H2,1-2H3;3,8-9H,4-7H2,1-2H3;7H,3-6H2,1-2H3. The van der Waals surface area contributed by atoms with Crippen LogP contribution in [0.1, 0.15) is 187 Å². The van der Waals surface area contributed by atoms with Gasteiger partial charge in [-0.05, 0) is 198 Å². The van der Waals surface area contributed by atoms with Crippen LogP contribution in [-0.4, -0.2) is 337 Å². The Kier molecular flexibility index (Phi) is 43.0. The molecule has 5 aromatic rings. The maximum Gasteiger partial charge on any atom is 0.187 e. The summed E-state index contributed by atoms with van der Waals surface area (Å²) in [5.74, 6) is 2.55. The number of nitrogens with zero attached hydrogens (tertiary/aromatic N) is 18. The van der Waals surface area contributed by atoms with E-state index in [-0.39, 0.29) is 6.23 Å². The van der Waals surface area contributed by atoms with Crippen molar-refractivity contribution < 1.29 is 23.8 Å². The first-order chi connectivity index (χ1) is 58.4. The minimum absolute atomic E-state index is 0.208. The molecule has 0 radical (unpaired) electrons. The number of likely N-dealkylation sites (tertiary alicyclic amines) is 2. The van der Waals surface area contributed by atoms with E-state index in [4.69, 9.17) is 47.0 Å². The highest BCUT2D eigenvalue weighted by molar-refractivity contribution is 7.13. The lowest BCUT2D eigenvalue weighted by Crippen LogP contribution is -2.54. The molecular formula is C95H162Cl2N18O5S2. The van der Waals surface area contributed by atoms with Crippen LogP contribution in [0.25, 0.3) is 0 Å². The lowest BCUT2D eigenvalue weighted by atomic mass is 9.90. The van der Waals surface area contributed by atoms with Crippen molar-refractivity contribution >= 4 is 68.7 Å². The van der Waals surface area contributed by atoms with Gasteiger partial charge in [-0.15, -0.1) is 11.3 Å². The molecule has 122 heavy (non-hydrogen) atoms. The lowest BCUT2D eigenvalue weighted by molar-refractivity contribution is -0.153. The van der Waals surface area contributed by atoms with Gasteiger partial charge in [0.1, 0.15) is 5.82 Å². The highest BCUT2D eigenvalue weighted by atomic mass is 35.5. The second-order valence-corrected chi connectivity index (χ2v) is 40.8. The number of ether oxygens (including phenoxy) is 4. The zero-order chi connectivity index (χ0) is 87.9. The summed E-state index contributed by atoms with van der Waals surface area (Å²) in [5.41, 5.74) is 6.16. The summed E-state index contributed by atoms with van der Waals surface area (Å²) in [6.45, 7) is 80.5. The summed E-state index contributed by atoms with van der Waals surface area (Å²) in [7, 11) is 0. The Morgan fingerprint density at radius 1 is 0.484 bits per heavy atom. The van der Waals surface area contributed by atoms with Crippen LogP contribution in [0.2, 0.25) is 10.2 Å². The quantitative estimate of drug-likeness (QED) is 0.0684.